The van der Waals surface area contributed by atoms with Crippen LogP contribution in [-0.4, -0.2) is 34.2 Å². The molecule has 0 aliphatic carbocycles. The summed E-state index contributed by atoms with van der Waals surface area (Å²) in [7, 11) is 0. The fourth-order valence-corrected chi connectivity index (χ4v) is 1.42. The molecule has 4 N–H and O–H groups in total. The summed E-state index contributed by atoms with van der Waals surface area (Å²) in [4.78, 5) is 15.5. The molecule has 0 bridgehead atoms. The first kappa shape index (κ1) is 12.9. The summed E-state index contributed by atoms with van der Waals surface area (Å²) >= 11 is 0. The Morgan fingerprint density at radius 2 is 2.16 bits per heavy atom. The number of nitrogens with one attached hydrogen (secondary N) is 2. The third kappa shape index (κ3) is 3.70. The van der Waals surface area contributed by atoms with E-state index >= 15 is 0 Å². The number of anilines is 1. The first-order valence-electron chi connectivity index (χ1n) is 5.80. The Morgan fingerprint density at radius 3 is 2.79 bits per heavy atom. The minimum absolute atomic E-state index is 0.130. The predicted octanol–water partition coefficient (Wildman–Crippen LogP) is 0.504. The van der Waals surface area contributed by atoms with Crippen molar-refractivity contribution in [1.29, 1.82) is 0 Å². The molecule has 1 amide bonds. The maximum Gasteiger partial charge on any atom is 0.291 e. The molecule has 0 aliphatic rings. The lowest BCUT2D eigenvalue weighted by Gasteiger charge is -2.06. The topological polar surface area (TPSA) is 106 Å². The summed E-state index contributed by atoms with van der Waals surface area (Å²) in [6.07, 6.45) is 0. The van der Waals surface area contributed by atoms with Gasteiger partial charge >= 0.3 is 0 Å². The highest BCUT2D eigenvalue weighted by Gasteiger charge is 2.09. The van der Waals surface area contributed by atoms with Crippen molar-refractivity contribution >= 4 is 11.6 Å². The maximum atomic E-state index is 11.6. The van der Waals surface area contributed by atoms with Crippen molar-refractivity contribution in [3.05, 3.63) is 35.9 Å². The number of aryl methyl sites for hydroxylation is 1. The Hall–Kier alpha value is -2.57. The van der Waals surface area contributed by atoms with Gasteiger partial charge in [-0.05, 0) is 31.2 Å². The summed E-state index contributed by atoms with van der Waals surface area (Å²) in [5, 5.41) is 9.03. The molecule has 7 heteroatoms. The van der Waals surface area contributed by atoms with Gasteiger partial charge in [-0.15, -0.1) is 5.10 Å². The smallest absolute Gasteiger partial charge is 0.291 e. The molecule has 7 nitrogen and oxygen atoms in total. The zero-order chi connectivity index (χ0) is 13.7. The number of H-pyrrole nitrogens is 1. The van der Waals surface area contributed by atoms with Gasteiger partial charge in [0.15, 0.2) is 0 Å². The van der Waals surface area contributed by atoms with Crippen LogP contribution < -0.4 is 15.8 Å². The van der Waals surface area contributed by atoms with E-state index in [0.29, 0.717) is 30.4 Å². The number of carbonyl (C=O) groups is 1. The largest absolute Gasteiger partial charge is 0.492 e. The zero-order valence-corrected chi connectivity index (χ0v) is 10.5. The van der Waals surface area contributed by atoms with Gasteiger partial charge in [0.25, 0.3) is 5.91 Å². The number of nitrogen functional groups attached to an aromatic ring is 1. The van der Waals surface area contributed by atoms with Gasteiger partial charge in [0.2, 0.25) is 5.82 Å². The van der Waals surface area contributed by atoms with Crippen LogP contribution in [0.25, 0.3) is 0 Å². The quantitative estimate of drug-likeness (QED) is 0.537. The Morgan fingerprint density at radius 1 is 1.42 bits per heavy atom. The number of nitrogens with zero attached hydrogens (tertiary/aromatic N) is 2. The number of nitrogens with two attached hydrogens (primary N) is 1. The van der Waals surface area contributed by atoms with Crippen molar-refractivity contribution in [2.24, 2.45) is 0 Å². The van der Waals surface area contributed by atoms with E-state index < -0.39 is 0 Å². The molecule has 1 aromatic carbocycles. The van der Waals surface area contributed by atoms with Gasteiger partial charge in [-0.2, -0.15) is 0 Å². The van der Waals surface area contributed by atoms with E-state index in [-0.39, 0.29) is 11.7 Å². The highest BCUT2D eigenvalue weighted by atomic mass is 16.5. The van der Waals surface area contributed by atoms with Crippen molar-refractivity contribution in [2.75, 3.05) is 18.9 Å². The van der Waals surface area contributed by atoms with Crippen LogP contribution in [-0.2, 0) is 0 Å². The SMILES string of the molecule is Cc1nc(C(=O)NCCOc2ccc(N)cc2)n[nH]1. The number of hydrogen-bond donors (Lipinski definition) is 3. The summed E-state index contributed by atoms with van der Waals surface area (Å²) in [5.74, 6) is 1.11. The normalized spacial score (nSPS) is 10.2. The summed E-state index contributed by atoms with van der Waals surface area (Å²) in [6.45, 7) is 2.46. The molecule has 0 radical (unpaired) electrons. The Labute approximate surface area is 110 Å². The van der Waals surface area contributed by atoms with Crippen LogP contribution in [0.4, 0.5) is 5.69 Å². The van der Waals surface area contributed by atoms with Crippen LogP contribution in [0.15, 0.2) is 24.3 Å². The van der Waals surface area contributed by atoms with Gasteiger partial charge < -0.3 is 15.8 Å². The molecule has 1 heterocycles. The van der Waals surface area contributed by atoms with Crippen LogP contribution in [0, 0.1) is 6.92 Å². The lowest BCUT2D eigenvalue weighted by Crippen LogP contribution is -2.29. The number of rotatable bonds is 5. The molecule has 0 unspecified atom stereocenters. The first-order valence-corrected chi connectivity index (χ1v) is 5.80. The molecule has 0 saturated carbocycles. The van der Waals surface area contributed by atoms with E-state index in [1.54, 1.807) is 31.2 Å². The van der Waals surface area contributed by atoms with Gasteiger partial charge in [0.05, 0.1) is 6.54 Å². The molecule has 2 aromatic rings. The third-order valence-corrected chi connectivity index (χ3v) is 2.34. The molecular formula is C12H15N5O2. The zero-order valence-electron chi connectivity index (χ0n) is 10.5. The van der Waals surface area contributed by atoms with E-state index in [1.807, 2.05) is 0 Å². The molecule has 19 heavy (non-hydrogen) atoms. The van der Waals surface area contributed by atoms with Crippen LogP contribution in [0.1, 0.15) is 16.4 Å². The van der Waals surface area contributed by atoms with Crippen LogP contribution in [0.5, 0.6) is 5.75 Å². The second-order valence-corrected chi connectivity index (χ2v) is 3.92. The van der Waals surface area contributed by atoms with E-state index in [2.05, 4.69) is 20.5 Å². The van der Waals surface area contributed by atoms with Gasteiger partial charge in [0.1, 0.15) is 18.2 Å². The number of ether oxygens (including phenoxy) is 1. The fourth-order valence-electron chi connectivity index (χ4n) is 1.42. The Bertz CT molecular complexity index is 550. The monoisotopic (exact) mass is 261 g/mol. The van der Waals surface area contributed by atoms with Crippen molar-refractivity contribution in [3.8, 4) is 5.75 Å². The van der Waals surface area contributed by atoms with Gasteiger partial charge in [-0.25, -0.2) is 4.98 Å². The number of aromatic amines is 1. The molecule has 2 rings (SSSR count). The molecule has 1 aromatic heterocycles. The minimum atomic E-state index is -0.328. The standard InChI is InChI=1S/C12H15N5O2/c1-8-15-11(17-16-8)12(18)14-6-7-19-10-4-2-9(13)3-5-10/h2-5H,6-7,13H2,1H3,(H,14,18)(H,15,16,17). The van der Waals surface area contributed by atoms with E-state index in [9.17, 15) is 4.79 Å². The summed E-state index contributed by atoms with van der Waals surface area (Å²) in [5.41, 5.74) is 6.24. The molecular weight excluding hydrogens is 246 g/mol. The van der Waals surface area contributed by atoms with Crippen LogP contribution >= 0.6 is 0 Å². The first-order chi connectivity index (χ1) is 9.15. The lowest BCUT2D eigenvalue weighted by molar-refractivity contribution is 0.0937. The number of hydrogen-bond acceptors (Lipinski definition) is 5. The summed E-state index contributed by atoms with van der Waals surface area (Å²) in [6, 6.07) is 7.06. The van der Waals surface area contributed by atoms with E-state index in [1.165, 1.54) is 0 Å². The Kier molecular flexibility index (Phi) is 3.97. The van der Waals surface area contributed by atoms with Gasteiger partial charge in [0, 0.05) is 5.69 Å². The average molecular weight is 261 g/mol. The number of benzene rings is 1. The minimum Gasteiger partial charge on any atom is -0.492 e. The van der Waals surface area contributed by atoms with Crippen molar-refractivity contribution in [3.63, 3.8) is 0 Å². The van der Waals surface area contributed by atoms with E-state index in [0.717, 1.165) is 0 Å². The number of carbonyl (C=O) groups excluding carboxylic acids is 1. The van der Waals surface area contributed by atoms with Crippen molar-refractivity contribution in [1.82, 2.24) is 20.5 Å². The highest BCUT2D eigenvalue weighted by molar-refractivity contribution is 5.90. The molecule has 0 spiro atoms. The highest BCUT2D eigenvalue weighted by Crippen LogP contribution is 2.12. The maximum absolute atomic E-state index is 11.6. The summed E-state index contributed by atoms with van der Waals surface area (Å²) < 4.78 is 5.43. The third-order valence-electron chi connectivity index (χ3n) is 2.34. The lowest BCUT2D eigenvalue weighted by atomic mass is 10.3. The van der Waals surface area contributed by atoms with Crippen LogP contribution in [0.3, 0.4) is 0 Å². The predicted molar refractivity (Wildman–Crippen MR) is 69.8 cm³/mol. The molecule has 0 fully saturated rings. The van der Waals surface area contributed by atoms with Crippen molar-refractivity contribution < 1.29 is 9.53 Å². The second kappa shape index (κ2) is 5.85. The van der Waals surface area contributed by atoms with Gasteiger partial charge in [-0.3, -0.25) is 9.89 Å². The number of amides is 1. The fraction of sp³-hybridized carbons (Fsp3) is 0.250. The van der Waals surface area contributed by atoms with E-state index in [4.69, 9.17) is 10.5 Å². The molecule has 0 saturated heterocycles. The Balaban J connectivity index is 1.72. The molecule has 0 atom stereocenters. The molecule has 0 aliphatic heterocycles. The van der Waals surface area contributed by atoms with Gasteiger partial charge in [-0.1, -0.05) is 0 Å². The van der Waals surface area contributed by atoms with Crippen LogP contribution in [0.2, 0.25) is 0 Å². The van der Waals surface area contributed by atoms with Crippen molar-refractivity contribution in [2.45, 2.75) is 6.92 Å². The second-order valence-electron chi connectivity index (χ2n) is 3.92. The number of aromatic nitrogens is 3. The molecule has 100 valence electrons. The average Bonchev–Trinajstić information content (AvgIpc) is 2.83.